The standard InChI is InChI=1S/C28H29F2N5O/c1-18(2)34-13-11-24(12-14-34)35(28(36)19-3-7-23(29)8-4-19)17-22-15-20(5-9-25(22)30)21-6-10-26-27(16-21)32-33-31-26/h3-10,15-16,18,24H,11-14,17H2,1-2H3,(H,31,32,33). The Morgan fingerprint density at radius 2 is 1.64 bits per heavy atom. The quantitative estimate of drug-likeness (QED) is 0.393. The lowest BCUT2D eigenvalue weighted by Gasteiger charge is -2.40. The van der Waals surface area contributed by atoms with Gasteiger partial charge in [0.2, 0.25) is 0 Å². The van der Waals surface area contributed by atoms with Crippen molar-refractivity contribution in [3.05, 3.63) is 83.4 Å². The molecule has 2 heterocycles. The van der Waals surface area contributed by atoms with Gasteiger partial charge < -0.3 is 9.80 Å². The highest BCUT2D eigenvalue weighted by atomic mass is 19.1. The van der Waals surface area contributed by atoms with E-state index in [2.05, 4.69) is 34.2 Å². The summed E-state index contributed by atoms with van der Waals surface area (Å²) in [5, 5.41) is 10.8. The number of benzene rings is 3. The number of halogens is 2. The lowest BCUT2D eigenvalue weighted by atomic mass is 9.98. The monoisotopic (exact) mass is 489 g/mol. The van der Waals surface area contributed by atoms with Crippen LogP contribution in [0.1, 0.15) is 42.6 Å². The molecule has 1 saturated heterocycles. The number of amides is 1. The van der Waals surface area contributed by atoms with E-state index in [4.69, 9.17) is 0 Å². The topological polar surface area (TPSA) is 65.1 Å². The van der Waals surface area contributed by atoms with Gasteiger partial charge in [-0.1, -0.05) is 12.1 Å². The second-order valence-electron chi connectivity index (χ2n) is 9.63. The molecule has 0 atom stereocenters. The summed E-state index contributed by atoms with van der Waals surface area (Å²) in [6, 6.07) is 16.6. The zero-order valence-electron chi connectivity index (χ0n) is 20.4. The van der Waals surface area contributed by atoms with Crippen molar-refractivity contribution in [1.29, 1.82) is 0 Å². The molecule has 3 aromatic carbocycles. The first-order chi connectivity index (χ1) is 17.4. The summed E-state index contributed by atoms with van der Waals surface area (Å²) in [5.74, 6) is -0.976. The van der Waals surface area contributed by atoms with Gasteiger partial charge in [-0.2, -0.15) is 15.4 Å². The Hall–Kier alpha value is -3.65. The van der Waals surface area contributed by atoms with Crippen molar-refractivity contribution >= 4 is 16.9 Å². The number of carbonyl (C=O) groups excluding carboxylic acids is 1. The van der Waals surface area contributed by atoms with Gasteiger partial charge in [-0.25, -0.2) is 8.78 Å². The third-order valence-electron chi connectivity index (χ3n) is 7.06. The molecule has 0 unspecified atom stereocenters. The van der Waals surface area contributed by atoms with E-state index in [1.807, 2.05) is 18.2 Å². The van der Waals surface area contributed by atoms with E-state index in [0.29, 0.717) is 17.2 Å². The van der Waals surface area contributed by atoms with Crippen LogP contribution in [-0.4, -0.2) is 56.3 Å². The number of hydrogen-bond acceptors (Lipinski definition) is 4. The van der Waals surface area contributed by atoms with E-state index in [9.17, 15) is 9.18 Å². The highest BCUT2D eigenvalue weighted by molar-refractivity contribution is 5.94. The largest absolute Gasteiger partial charge is 0.331 e. The highest BCUT2D eigenvalue weighted by Gasteiger charge is 2.30. The number of fused-ring (bicyclic) bond motifs is 1. The van der Waals surface area contributed by atoms with Gasteiger partial charge in [-0.3, -0.25) is 4.79 Å². The summed E-state index contributed by atoms with van der Waals surface area (Å²) in [5.41, 5.74) is 4.04. The first kappa shape index (κ1) is 24.1. The maximum absolute atomic E-state index is 15.1. The molecular weight excluding hydrogens is 460 g/mol. The Bertz CT molecular complexity index is 1360. The minimum absolute atomic E-state index is 0.0351. The molecule has 1 aromatic heterocycles. The third kappa shape index (κ3) is 4.99. The zero-order valence-corrected chi connectivity index (χ0v) is 20.4. The van der Waals surface area contributed by atoms with E-state index in [-0.39, 0.29) is 24.3 Å². The minimum atomic E-state index is -0.397. The van der Waals surface area contributed by atoms with Gasteiger partial charge >= 0.3 is 0 Å². The number of hydrogen-bond donors (Lipinski definition) is 1. The molecule has 0 saturated carbocycles. The summed E-state index contributed by atoms with van der Waals surface area (Å²) < 4.78 is 28.6. The molecule has 6 nitrogen and oxygen atoms in total. The summed E-state index contributed by atoms with van der Waals surface area (Å²) in [6.45, 7) is 6.21. The summed E-state index contributed by atoms with van der Waals surface area (Å²) in [6.07, 6.45) is 1.60. The zero-order chi connectivity index (χ0) is 25.2. The molecule has 0 aliphatic carbocycles. The van der Waals surface area contributed by atoms with Crippen molar-refractivity contribution in [1.82, 2.24) is 25.2 Å². The van der Waals surface area contributed by atoms with Gasteiger partial charge in [0.05, 0.1) is 0 Å². The molecule has 1 N–H and O–H groups in total. The van der Waals surface area contributed by atoms with Gasteiger partial charge in [0.1, 0.15) is 22.7 Å². The van der Waals surface area contributed by atoms with Crippen molar-refractivity contribution in [2.45, 2.75) is 45.3 Å². The van der Waals surface area contributed by atoms with Crippen molar-refractivity contribution in [3.63, 3.8) is 0 Å². The van der Waals surface area contributed by atoms with Gasteiger partial charge in [0.15, 0.2) is 0 Å². The Kier molecular flexibility index (Phi) is 6.78. The van der Waals surface area contributed by atoms with E-state index >= 15 is 4.39 Å². The molecule has 36 heavy (non-hydrogen) atoms. The SMILES string of the molecule is CC(C)N1CCC(N(Cc2cc(-c3ccc4n[nH]nc4c3)ccc2F)C(=O)c2ccc(F)cc2)CC1. The molecule has 4 aromatic rings. The fraction of sp³-hybridized carbons (Fsp3) is 0.321. The van der Waals surface area contributed by atoms with Crippen LogP contribution in [0.2, 0.25) is 0 Å². The van der Waals surface area contributed by atoms with Crippen molar-refractivity contribution in [2.24, 2.45) is 0 Å². The number of H-pyrrole nitrogens is 1. The fourth-order valence-electron chi connectivity index (χ4n) is 4.92. The number of likely N-dealkylation sites (tertiary alicyclic amines) is 1. The van der Waals surface area contributed by atoms with Crippen molar-refractivity contribution in [3.8, 4) is 11.1 Å². The van der Waals surface area contributed by atoms with Crippen LogP contribution in [0.5, 0.6) is 0 Å². The maximum atomic E-state index is 15.1. The average molecular weight is 490 g/mol. The fourth-order valence-corrected chi connectivity index (χ4v) is 4.92. The Labute approximate surface area is 208 Å². The molecule has 1 fully saturated rings. The molecule has 0 spiro atoms. The van der Waals surface area contributed by atoms with Gasteiger partial charge in [0, 0.05) is 42.8 Å². The molecule has 5 rings (SSSR count). The Morgan fingerprint density at radius 1 is 0.972 bits per heavy atom. The Morgan fingerprint density at radius 3 is 2.36 bits per heavy atom. The second kappa shape index (κ2) is 10.1. The van der Waals surface area contributed by atoms with Gasteiger partial charge in [-0.05, 0) is 86.3 Å². The number of nitrogens with zero attached hydrogens (tertiary/aromatic N) is 4. The molecule has 1 amide bonds. The number of aromatic nitrogens is 3. The van der Waals surface area contributed by atoms with Crippen molar-refractivity contribution in [2.75, 3.05) is 13.1 Å². The van der Waals surface area contributed by atoms with Gasteiger partial charge in [0.25, 0.3) is 5.91 Å². The minimum Gasteiger partial charge on any atom is -0.331 e. The molecule has 186 valence electrons. The maximum Gasteiger partial charge on any atom is 0.254 e. The van der Waals surface area contributed by atoms with E-state index in [1.165, 1.54) is 30.3 Å². The van der Waals surface area contributed by atoms with E-state index in [0.717, 1.165) is 48.1 Å². The third-order valence-corrected chi connectivity index (χ3v) is 7.06. The molecular formula is C28H29F2N5O. The summed E-state index contributed by atoms with van der Waals surface area (Å²) >= 11 is 0. The normalized spacial score (nSPS) is 15.0. The number of carbonyl (C=O) groups is 1. The number of nitrogens with one attached hydrogen (secondary N) is 1. The van der Waals surface area contributed by atoms with E-state index in [1.54, 1.807) is 17.0 Å². The van der Waals surface area contributed by atoms with Crippen molar-refractivity contribution < 1.29 is 13.6 Å². The van der Waals surface area contributed by atoms with Crippen LogP contribution in [0, 0.1) is 11.6 Å². The van der Waals surface area contributed by atoms with Crippen LogP contribution >= 0.6 is 0 Å². The molecule has 1 aliphatic heterocycles. The Balaban J connectivity index is 1.46. The van der Waals surface area contributed by atoms with E-state index < -0.39 is 5.82 Å². The summed E-state index contributed by atoms with van der Waals surface area (Å²) in [7, 11) is 0. The predicted molar refractivity (Wildman–Crippen MR) is 135 cm³/mol. The second-order valence-corrected chi connectivity index (χ2v) is 9.63. The molecule has 1 aliphatic rings. The number of rotatable bonds is 6. The van der Waals surface area contributed by atoms with Crippen LogP contribution in [-0.2, 0) is 6.54 Å². The smallest absolute Gasteiger partial charge is 0.254 e. The first-order valence-corrected chi connectivity index (χ1v) is 12.3. The lowest BCUT2D eigenvalue weighted by Crippen LogP contribution is -2.48. The number of piperidine rings is 1. The van der Waals surface area contributed by atoms with Gasteiger partial charge in [-0.15, -0.1) is 0 Å². The van der Waals surface area contributed by atoms with Crippen LogP contribution in [0.25, 0.3) is 22.2 Å². The molecule has 8 heteroatoms. The lowest BCUT2D eigenvalue weighted by molar-refractivity contribution is 0.0517. The van der Waals surface area contributed by atoms with Crippen LogP contribution in [0.3, 0.4) is 0 Å². The number of aromatic amines is 1. The van der Waals surface area contributed by atoms with Crippen LogP contribution in [0.15, 0.2) is 60.7 Å². The van der Waals surface area contributed by atoms with Crippen LogP contribution < -0.4 is 0 Å². The van der Waals surface area contributed by atoms with Crippen LogP contribution in [0.4, 0.5) is 8.78 Å². The molecule has 0 radical (unpaired) electrons. The molecule has 0 bridgehead atoms. The summed E-state index contributed by atoms with van der Waals surface area (Å²) in [4.78, 5) is 17.8. The predicted octanol–water partition coefficient (Wildman–Crippen LogP) is 5.42. The highest BCUT2D eigenvalue weighted by Crippen LogP contribution is 2.28. The first-order valence-electron chi connectivity index (χ1n) is 12.3. The average Bonchev–Trinajstić information content (AvgIpc) is 3.36.